The number of carbonyl (C=O) groups excluding carboxylic acids is 3. The van der Waals surface area contributed by atoms with E-state index in [-0.39, 0.29) is 6.42 Å². The number of nitrogens with zero attached hydrogens (tertiary/aromatic N) is 1. The van der Waals surface area contributed by atoms with Gasteiger partial charge in [0, 0.05) is 6.42 Å². The van der Waals surface area contributed by atoms with E-state index in [1.54, 1.807) is 27.7 Å². The van der Waals surface area contributed by atoms with Gasteiger partial charge in [-0.2, -0.15) is 0 Å². The molecule has 0 saturated heterocycles. The molecule has 0 aromatic heterocycles. The molecule has 210 valence electrons. The van der Waals surface area contributed by atoms with Crippen LogP contribution < -0.4 is 0 Å². The van der Waals surface area contributed by atoms with E-state index >= 15 is 0 Å². The van der Waals surface area contributed by atoms with Crippen LogP contribution in [0.15, 0.2) is 0 Å². The first kappa shape index (κ1) is 33.5. The van der Waals surface area contributed by atoms with Gasteiger partial charge < -0.3 is 33.9 Å². The monoisotopic (exact) mass is 545 g/mol. The second-order valence-electron chi connectivity index (χ2n) is 8.11. The van der Waals surface area contributed by atoms with E-state index < -0.39 is 89.0 Å². The quantitative estimate of drug-likeness (QED) is 0.117. The Kier molecular flexibility index (Phi) is 15.9. The zero-order valence-electron chi connectivity index (χ0n) is 21.2. The summed E-state index contributed by atoms with van der Waals surface area (Å²) in [5.74, 6) is -3.55. The van der Waals surface area contributed by atoms with Crippen LogP contribution in [0.4, 0.5) is 9.59 Å². The Labute approximate surface area is 209 Å². The van der Waals surface area contributed by atoms with Gasteiger partial charge in [-0.3, -0.25) is 28.1 Å². The number of likely N-dealkylation sites (N-methyl/N-ethyl adjacent to an activating group) is 1. The molecule has 2 unspecified atom stereocenters. The number of carboxylic acid groups (broad SMARTS) is 1. The van der Waals surface area contributed by atoms with Crippen molar-refractivity contribution in [2.45, 2.75) is 59.0 Å². The number of aliphatic hydroxyl groups is 1. The van der Waals surface area contributed by atoms with Crippen LogP contribution in [0.3, 0.4) is 0 Å². The van der Waals surface area contributed by atoms with Crippen LogP contribution >= 0.6 is 7.60 Å². The maximum absolute atomic E-state index is 13.3. The van der Waals surface area contributed by atoms with E-state index in [9.17, 15) is 28.8 Å². The summed E-state index contributed by atoms with van der Waals surface area (Å²) in [6, 6.07) is 0. The second kappa shape index (κ2) is 17.1. The molecule has 16 heteroatoms. The molecule has 0 radical (unpaired) electrons. The molecule has 0 aliphatic rings. The fourth-order valence-corrected chi connectivity index (χ4v) is 3.76. The third-order valence-corrected chi connectivity index (χ3v) is 5.86. The highest BCUT2D eigenvalue weighted by molar-refractivity contribution is 7.53. The van der Waals surface area contributed by atoms with Gasteiger partial charge in [0.25, 0.3) is 0 Å². The Hall–Kier alpha value is -2.45. The van der Waals surface area contributed by atoms with Gasteiger partial charge in [0.1, 0.15) is 12.8 Å². The summed E-state index contributed by atoms with van der Waals surface area (Å²) in [4.78, 5) is 48.1. The molecule has 0 aromatic rings. The van der Waals surface area contributed by atoms with Crippen molar-refractivity contribution in [2.75, 3.05) is 40.5 Å². The largest absolute Gasteiger partial charge is 0.510 e. The zero-order valence-corrected chi connectivity index (χ0v) is 22.1. The van der Waals surface area contributed by atoms with Gasteiger partial charge in [-0.15, -0.1) is 0 Å². The third kappa shape index (κ3) is 16.3. The molecule has 36 heavy (non-hydrogen) atoms. The van der Waals surface area contributed by atoms with E-state index in [4.69, 9.17) is 28.4 Å². The number of hydrogen-bond acceptors (Lipinski definition) is 14. The molecule has 0 heterocycles. The lowest BCUT2D eigenvalue weighted by Crippen LogP contribution is -2.34. The Morgan fingerprint density at radius 1 is 0.861 bits per heavy atom. The Morgan fingerprint density at radius 3 is 1.72 bits per heavy atom. The molecule has 0 aliphatic carbocycles. The summed E-state index contributed by atoms with van der Waals surface area (Å²) >= 11 is 0. The predicted molar refractivity (Wildman–Crippen MR) is 121 cm³/mol. The molecule has 2 N–H and O–H groups in total. The van der Waals surface area contributed by atoms with E-state index in [1.165, 1.54) is 19.0 Å². The number of rotatable bonds is 17. The summed E-state index contributed by atoms with van der Waals surface area (Å²) in [6.45, 7) is 3.98. The van der Waals surface area contributed by atoms with Gasteiger partial charge in [0.15, 0.2) is 0 Å². The molecular weight excluding hydrogens is 509 g/mol. The molecule has 0 aliphatic heterocycles. The lowest BCUT2D eigenvalue weighted by Gasteiger charge is -2.24. The maximum atomic E-state index is 13.3. The van der Waals surface area contributed by atoms with Crippen LogP contribution in [0.1, 0.15) is 40.5 Å². The average molecular weight is 545 g/mol. The average Bonchev–Trinajstić information content (AvgIpc) is 2.73. The zero-order chi connectivity index (χ0) is 27.9. The topological polar surface area (TPSA) is 194 Å². The van der Waals surface area contributed by atoms with E-state index in [0.717, 1.165) is 0 Å². The van der Waals surface area contributed by atoms with Gasteiger partial charge in [-0.1, -0.05) is 0 Å². The molecule has 0 saturated carbocycles. The van der Waals surface area contributed by atoms with Crippen molar-refractivity contribution in [3.05, 3.63) is 0 Å². The molecule has 0 aromatic carbocycles. The summed E-state index contributed by atoms with van der Waals surface area (Å²) in [6.07, 6.45) is -5.96. The Morgan fingerprint density at radius 2 is 1.33 bits per heavy atom. The highest BCUT2D eigenvalue weighted by Gasteiger charge is 2.35. The number of carboxylic acids is 1. The SMILES string of the molecule is CC(C)OC(=O)OCOP(=O)(CC(CCC(=O)O)C(=O)OCC(O)N(C)C)OCOC(=O)OC(C)C. The first-order valence-electron chi connectivity index (χ1n) is 10.9. The molecule has 0 bridgehead atoms. The fraction of sp³-hybridized carbons (Fsp3) is 0.800. The van der Waals surface area contributed by atoms with Gasteiger partial charge in [-0.05, 0) is 48.2 Å². The Balaban J connectivity index is 5.46. The first-order valence-corrected chi connectivity index (χ1v) is 12.7. The Bertz CT molecular complexity index is 725. The number of aliphatic carboxylic acids is 1. The van der Waals surface area contributed by atoms with E-state index in [1.807, 2.05) is 0 Å². The number of carbonyl (C=O) groups is 4. The fourth-order valence-electron chi connectivity index (χ4n) is 2.18. The molecule has 2 atom stereocenters. The molecule has 15 nitrogen and oxygen atoms in total. The van der Waals surface area contributed by atoms with Gasteiger partial charge in [0.05, 0.1) is 24.3 Å². The van der Waals surface area contributed by atoms with Crippen molar-refractivity contribution in [1.29, 1.82) is 0 Å². The minimum Gasteiger partial charge on any atom is -0.481 e. The van der Waals surface area contributed by atoms with Crippen LogP contribution in [-0.4, -0.2) is 98.2 Å². The van der Waals surface area contributed by atoms with Gasteiger partial charge in [-0.25, -0.2) is 9.59 Å². The van der Waals surface area contributed by atoms with E-state index in [0.29, 0.717) is 0 Å². The third-order valence-electron chi connectivity index (χ3n) is 3.97. The highest BCUT2D eigenvalue weighted by atomic mass is 31.2. The summed E-state index contributed by atoms with van der Waals surface area (Å²) < 4.78 is 47.2. The standard InChI is InChI=1S/C20H36NO14P/c1-13(2)34-19(26)30-11-32-36(28,33-12-31-20(27)35-14(3)4)10-15(7-8-17(23)24)18(25)29-9-16(22)21(5)6/h13-16,22H,7-12H2,1-6H3,(H,23,24). The second-order valence-corrected chi connectivity index (χ2v) is 10.2. The minimum absolute atomic E-state index is 0.324. The van der Waals surface area contributed by atoms with Crippen LogP contribution in [-0.2, 0) is 46.9 Å². The van der Waals surface area contributed by atoms with Crippen molar-refractivity contribution < 1.29 is 66.7 Å². The van der Waals surface area contributed by atoms with E-state index in [2.05, 4.69) is 9.47 Å². The van der Waals surface area contributed by atoms with Crippen LogP contribution in [0.2, 0.25) is 0 Å². The normalized spacial score (nSPS) is 13.3. The smallest absolute Gasteiger partial charge is 0.481 e. The van der Waals surface area contributed by atoms with Crippen molar-refractivity contribution in [3.8, 4) is 0 Å². The predicted octanol–water partition coefficient (Wildman–Crippen LogP) is 2.16. The molecule has 0 fully saturated rings. The van der Waals surface area contributed by atoms with Gasteiger partial charge in [0.2, 0.25) is 13.6 Å². The lowest BCUT2D eigenvalue weighted by molar-refractivity contribution is -0.154. The van der Waals surface area contributed by atoms with Crippen molar-refractivity contribution >= 4 is 31.8 Å². The summed E-state index contributed by atoms with van der Waals surface area (Å²) in [5.41, 5.74) is 0. The molecule has 0 spiro atoms. The van der Waals surface area contributed by atoms with Crippen molar-refractivity contribution in [3.63, 3.8) is 0 Å². The van der Waals surface area contributed by atoms with Crippen LogP contribution in [0.5, 0.6) is 0 Å². The van der Waals surface area contributed by atoms with Crippen molar-refractivity contribution in [2.24, 2.45) is 5.92 Å². The van der Waals surface area contributed by atoms with Crippen molar-refractivity contribution in [1.82, 2.24) is 4.90 Å². The van der Waals surface area contributed by atoms with Crippen LogP contribution in [0.25, 0.3) is 0 Å². The maximum Gasteiger partial charge on any atom is 0.510 e. The first-order chi connectivity index (χ1) is 16.6. The minimum atomic E-state index is -4.37. The molecule has 0 rings (SSSR count). The molecule has 0 amide bonds. The van der Waals surface area contributed by atoms with Crippen LogP contribution in [0, 0.1) is 5.92 Å². The molecular formula is C20H36NO14P. The van der Waals surface area contributed by atoms with Gasteiger partial charge >= 0.3 is 31.8 Å². The summed E-state index contributed by atoms with van der Waals surface area (Å²) in [5, 5.41) is 18.8. The lowest BCUT2D eigenvalue weighted by atomic mass is 10.1. The highest BCUT2D eigenvalue weighted by Crippen LogP contribution is 2.50. The number of aliphatic hydroxyl groups excluding tert-OH is 1. The number of ether oxygens (including phenoxy) is 5. The summed E-state index contributed by atoms with van der Waals surface area (Å²) in [7, 11) is -1.30. The number of esters is 1. The number of hydrogen-bond donors (Lipinski definition) is 2.